The van der Waals surface area contributed by atoms with Crippen LogP contribution in [0.1, 0.15) is 45.2 Å². The monoisotopic (exact) mass is 359 g/mol. The molecule has 1 aromatic rings. The highest BCUT2D eigenvalue weighted by Gasteiger charge is 2.43. The van der Waals surface area contributed by atoms with Crippen molar-refractivity contribution in [2.75, 3.05) is 0 Å². The number of hydrogen-bond donors (Lipinski definition) is 1. The van der Waals surface area contributed by atoms with Gasteiger partial charge < -0.3 is 9.84 Å². The highest BCUT2D eigenvalue weighted by Crippen LogP contribution is 2.37. The average Bonchev–Trinajstić information content (AvgIpc) is 3.15. The summed E-state index contributed by atoms with van der Waals surface area (Å²) in [6.45, 7) is 5.21. The Bertz CT molecular complexity index is 603. The van der Waals surface area contributed by atoms with Crippen molar-refractivity contribution < 1.29 is 19.4 Å². The number of aliphatic carboxylic acids is 1. The Morgan fingerprint density at radius 1 is 1.22 bits per heavy atom. The highest BCUT2D eigenvalue weighted by molar-refractivity contribution is 6.34. The summed E-state index contributed by atoms with van der Waals surface area (Å²) >= 11 is 11.9. The predicted molar refractivity (Wildman–Crippen MR) is 87.9 cm³/mol. The van der Waals surface area contributed by atoms with Gasteiger partial charge in [-0.05, 0) is 57.4 Å². The van der Waals surface area contributed by atoms with Crippen molar-refractivity contribution in [1.29, 1.82) is 0 Å². The van der Waals surface area contributed by atoms with E-state index in [2.05, 4.69) is 0 Å². The third kappa shape index (κ3) is 4.75. The topological polar surface area (TPSA) is 66.8 Å². The van der Waals surface area contributed by atoms with Crippen LogP contribution in [-0.2, 0) is 9.53 Å². The molecule has 23 heavy (non-hydrogen) atoms. The van der Waals surface area contributed by atoms with Gasteiger partial charge in [0, 0.05) is 16.1 Å². The lowest BCUT2D eigenvalue weighted by atomic mass is 10.1. The Morgan fingerprint density at radius 3 is 2.13 bits per heavy atom. The number of nitrogens with zero attached hydrogens (tertiary/aromatic N) is 1. The minimum absolute atomic E-state index is 0.149. The summed E-state index contributed by atoms with van der Waals surface area (Å²) in [6, 6.07) is 3.19. The number of benzene rings is 1. The second-order valence-corrected chi connectivity index (χ2v) is 7.44. The van der Waals surface area contributed by atoms with E-state index in [0.717, 1.165) is 12.8 Å². The molecule has 1 atom stereocenters. The first kappa shape index (κ1) is 17.9. The molecule has 0 heterocycles. The van der Waals surface area contributed by atoms with E-state index in [1.807, 2.05) is 0 Å². The fourth-order valence-corrected chi connectivity index (χ4v) is 2.83. The van der Waals surface area contributed by atoms with E-state index >= 15 is 0 Å². The lowest BCUT2D eigenvalue weighted by Crippen LogP contribution is -2.43. The molecule has 1 saturated carbocycles. The number of hydrogen-bond acceptors (Lipinski definition) is 3. The summed E-state index contributed by atoms with van der Waals surface area (Å²) in [7, 11) is 0. The first-order chi connectivity index (χ1) is 10.6. The van der Waals surface area contributed by atoms with Gasteiger partial charge in [0.2, 0.25) is 0 Å². The molecule has 1 N–H and O–H groups in total. The molecule has 0 aliphatic heterocycles. The maximum atomic E-state index is 12.5. The van der Waals surface area contributed by atoms with E-state index in [0.29, 0.717) is 15.6 Å². The highest BCUT2D eigenvalue weighted by atomic mass is 35.5. The molecule has 0 bridgehead atoms. The molecule has 1 fully saturated rings. The number of amides is 1. The molecule has 0 saturated heterocycles. The fourth-order valence-electron chi connectivity index (χ4n) is 2.29. The zero-order valence-electron chi connectivity index (χ0n) is 13.2. The van der Waals surface area contributed by atoms with Crippen LogP contribution < -0.4 is 0 Å². The summed E-state index contributed by atoms with van der Waals surface area (Å²) in [5, 5.41) is 10.3. The molecule has 1 aliphatic carbocycles. The van der Waals surface area contributed by atoms with Crippen molar-refractivity contribution in [3.05, 3.63) is 33.8 Å². The van der Waals surface area contributed by atoms with Crippen LogP contribution in [0.25, 0.3) is 0 Å². The molecule has 5 nitrogen and oxygen atoms in total. The lowest BCUT2D eigenvalue weighted by molar-refractivity contribution is -0.143. The van der Waals surface area contributed by atoms with Crippen LogP contribution in [0.5, 0.6) is 0 Å². The predicted octanol–water partition coefficient (Wildman–Crippen LogP) is 4.52. The maximum Gasteiger partial charge on any atom is 0.411 e. The van der Waals surface area contributed by atoms with Crippen molar-refractivity contribution >= 4 is 35.3 Å². The zero-order valence-corrected chi connectivity index (χ0v) is 14.7. The van der Waals surface area contributed by atoms with Crippen molar-refractivity contribution in [2.45, 2.75) is 51.3 Å². The van der Waals surface area contributed by atoms with Crippen LogP contribution in [0.2, 0.25) is 10.0 Å². The number of halogens is 2. The summed E-state index contributed by atoms with van der Waals surface area (Å²) < 4.78 is 5.37. The molecule has 1 aromatic carbocycles. The van der Waals surface area contributed by atoms with E-state index in [-0.39, 0.29) is 6.04 Å². The van der Waals surface area contributed by atoms with Gasteiger partial charge in [0.05, 0.1) is 0 Å². The van der Waals surface area contributed by atoms with Gasteiger partial charge in [0.15, 0.2) is 6.04 Å². The molecule has 1 amide bonds. The second kappa shape index (κ2) is 6.57. The summed E-state index contributed by atoms with van der Waals surface area (Å²) in [6.07, 6.45) is 0.845. The van der Waals surface area contributed by atoms with Crippen LogP contribution in [-0.4, -0.2) is 33.7 Å². The lowest BCUT2D eigenvalue weighted by Gasteiger charge is -2.32. The Morgan fingerprint density at radius 2 is 1.74 bits per heavy atom. The first-order valence-electron chi connectivity index (χ1n) is 7.28. The van der Waals surface area contributed by atoms with E-state index in [4.69, 9.17) is 27.9 Å². The van der Waals surface area contributed by atoms with Gasteiger partial charge >= 0.3 is 12.1 Å². The number of carbonyl (C=O) groups is 2. The third-order valence-corrected chi connectivity index (χ3v) is 3.69. The molecule has 0 aromatic heterocycles. The minimum Gasteiger partial charge on any atom is -0.479 e. The van der Waals surface area contributed by atoms with Crippen molar-refractivity contribution in [1.82, 2.24) is 4.90 Å². The number of carboxylic acids is 1. The van der Waals surface area contributed by atoms with E-state index in [1.165, 1.54) is 23.1 Å². The Kier molecular flexibility index (Phi) is 5.11. The molecule has 2 rings (SSSR count). The normalized spacial score (nSPS) is 15.9. The smallest absolute Gasteiger partial charge is 0.411 e. The largest absolute Gasteiger partial charge is 0.479 e. The van der Waals surface area contributed by atoms with Crippen molar-refractivity contribution in [3.8, 4) is 0 Å². The van der Waals surface area contributed by atoms with Gasteiger partial charge in [-0.15, -0.1) is 0 Å². The minimum atomic E-state index is -1.19. The molecule has 1 unspecified atom stereocenters. The van der Waals surface area contributed by atoms with Crippen molar-refractivity contribution in [2.24, 2.45) is 0 Å². The summed E-state index contributed by atoms with van der Waals surface area (Å²) in [5.74, 6) is -1.15. The number of ether oxygens (including phenoxy) is 1. The van der Waals surface area contributed by atoms with Gasteiger partial charge in [-0.25, -0.2) is 9.59 Å². The molecular formula is C16H19Cl2NO4. The maximum absolute atomic E-state index is 12.5. The van der Waals surface area contributed by atoms with E-state index in [1.54, 1.807) is 20.8 Å². The molecule has 1 aliphatic rings. The Hall–Kier alpha value is -1.46. The van der Waals surface area contributed by atoms with Gasteiger partial charge in [-0.1, -0.05) is 23.2 Å². The summed E-state index contributed by atoms with van der Waals surface area (Å²) in [4.78, 5) is 25.6. The Labute approximate surface area is 145 Å². The van der Waals surface area contributed by atoms with Crippen LogP contribution in [0.3, 0.4) is 0 Å². The van der Waals surface area contributed by atoms with Crippen LogP contribution >= 0.6 is 23.2 Å². The fraction of sp³-hybridized carbons (Fsp3) is 0.500. The van der Waals surface area contributed by atoms with Crippen molar-refractivity contribution in [3.63, 3.8) is 0 Å². The molecule has 126 valence electrons. The SMILES string of the molecule is CC(C)(C)OC(=O)N(C1CC1)C(C(=O)O)c1cc(Cl)cc(Cl)c1. The van der Waals surface area contributed by atoms with Gasteiger partial charge in [-0.3, -0.25) is 4.90 Å². The van der Waals surface area contributed by atoms with Gasteiger partial charge in [0.1, 0.15) is 5.60 Å². The molecular weight excluding hydrogens is 341 g/mol. The molecule has 7 heteroatoms. The average molecular weight is 360 g/mol. The van der Waals surface area contributed by atoms with Crippen LogP contribution in [0.4, 0.5) is 4.79 Å². The van der Waals surface area contributed by atoms with Gasteiger partial charge in [-0.2, -0.15) is 0 Å². The number of carboxylic acid groups (broad SMARTS) is 1. The molecule has 0 spiro atoms. The van der Waals surface area contributed by atoms with Crippen LogP contribution in [0.15, 0.2) is 18.2 Å². The van der Waals surface area contributed by atoms with Gasteiger partial charge in [0.25, 0.3) is 0 Å². The summed E-state index contributed by atoms with van der Waals surface area (Å²) in [5.41, 5.74) is -0.355. The number of carbonyl (C=O) groups excluding carboxylic acids is 1. The first-order valence-corrected chi connectivity index (χ1v) is 8.04. The van der Waals surface area contributed by atoms with Crippen LogP contribution in [0, 0.1) is 0 Å². The quantitative estimate of drug-likeness (QED) is 0.857. The van der Waals surface area contributed by atoms with E-state index in [9.17, 15) is 14.7 Å². The Balaban J connectivity index is 2.40. The standard InChI is InChI=1S/C16H19Cl2NO4/c1-16(2,3)23-15(22)19(12-4-5-12)13(14(20)21)9-6-10(17)8-11(18)7-9/h6-8,12-13H,4-5H2,1-3H3,(H,20,21). The third-order valence-electron chi connectivity index (χ3n) is 3.26. The second-order valence-electron chi connectivity index (χ2n) is 6.56. The zero-order chi connectivity index (χ0) is 17.4. The van der Waals surface area contributed by atoms with E-state index < -0.39 is 23.7 Å². The number of rotatable bonds is 4. The molecule has 0 radical (unpaired) electrons.